The number of methoxy groups -OCH3 is 1. The van der Waals surface area contributed by atoms with Crippen molar-refractivity contribution in [1.29, 1.82) is 0 Å². The number of carbonyl (C=O) groups is 1. The highest BCUT2D eigenvalue weighted by Crippen LogP contribution is 2.50. The van der Waals surface area contributed by atoms with Gasteiger partial charge >= 0.3 is 5.97 Å². The summed E-state index contributed by atoms with van der Waals surface area (Å²) >= 11 is 0. The van der Waals surface area contributed by atoms with Crippen molar-refractivity contribution in [2.45, 2.75) is 37.1 Å². The highest BCUT2D eigenvalue weighted by Gasteiger charge is 2.50. The largest absolute Gasteiger partial charge is 0.497 e. The van der Waals surface area contributed by atoms with Gasteiger partial charge < -0.3 is 24.1 Å². The summed E-state index contributed by atoms with van der Waals surface area (Å²) in [5.74, 6) is 1.55. The van der Waals surface area contributed by atoms with Crippen LogP contribution < -0.4 is 14.2 Å². The molecule has 4 aliphatic rings. The fourth-order valence-corrected chi connectivity index (χ4v) is 5.53. The third-order valence-electron chi connectivity index (χ3n) is 7.02. The molecule has 7 nitrogen and oxygen atoms in total. The van der Waals surface area contributed by atoms with Gasteiger partial charge in [-0.15, -0.1) is 0 Å². The van der Waals surface area contributed by atoms with Gasteiger partial charge in [0.15, 0.2) is 11.5 Å². The summed E-state index contributed by atoms with van der Waals surface area (Å²) in [6, 6.07) is 11.5. The van der Waals surface area contributed by atoms with E-state index < -0.39 is 18.2 Å². The van der Waals surface area contributed by atoms with Crippen molar-refractivity contribution in [3.63, 3.8) is 0 Å². The molecule has 7 heteroatoms. The molecule has 2 aromatic rings. The van der Waals surface area contributed by atoms with Crippen molar-refractivity contribution >= 4 is 12.0 Å². The number of ether oxygens (including phenoxy) is 4. The number of hydrogen-bond donors (Lipinski definition) is 1. The minimum Gasteiger partial charge on any atom is -0.497 e. The van der Waals surface area contributed by atoms with Gasteiger partial charge in [0, 0.05) is 31.1 Å². The van der Waals surface area contributed by atoms with Gasteiger partial charge in [-0.1, -0.05) is 23.8 Å². The fourth-order valence-electron chi connectivity index (χ4n) is 5.53. The van der Waals surface area contributed by atoms with E-state index in [1.54, 1.807) is 13.2 Å². The van der Waals surface area contributed by atoms with Gasteiger partial charge in [-0.3, -0.25) is 4.90 Å². The first-order valence-corrected chi connectivity index (χ1v) is 11.2. The second-order valence-corrected chi connectivity index (χ2v) is 8.84. The molecule has 3 aliphatic heterocycles. The minimum atomic E-state index is -0.865. The topological polar surface area (TPSA) is 77.5 Å². The number of hydrogen-bond acceptors (Lipinski definition) is 7. The van der Waals surface area contributed by atoms with Crippen LogP contribution in [-0.2, 0) is 16.1 Å². The number of carbonyl (C=O) groups excluding carboxylic acids is 1. The number of rotatable bonds is 4. The van der Waals surface area contributed by atoms with Crippen LogP contribution in [0.2, 0.25) is 0 Å². The Morgan fingerprint density at radius 3 is 2.76 bits per heavy atom. The van der Waals surface area contributed by atoms with Gasteiger partial charge in [0.2, 0.25) is 6.79 Å². The van der Waals surface area contributed by atoms with E-state index >= 15 is 0 Å². The lowest BCUT2D eigenvalue weighted by atomic mass is 9.73. The van der Waals surface area contributed by atoms with Gasteiger partial charge in [0.05, 0.1) is 7.11 Å². The number of aliphatic hydroxyl groups excluding tert-OH is 1. The quantitative estimate of drug-likeness (QED) is 0.439. The minimum absolute atomic E-state index is 0.115. The standard InChI is InChI=1S/C26H25NO6/c1-30-18-5-2-15(3-6-18)4-7-23(29)33-26-20(28)10-16-8-9-27-13-17-11-21-22(32-14-31-21)12-19(17)24(26)25(16)27/h2-7,10-12,20,24-26,28H,8-9,13-14H2,1H3/b7-4+/t20-,24?,25?,26+/m0/s1. The lowest BCUT2D eigenvalue weighted by Crippen LogP contribution is -2.51. The monoisotopic (exact) mass is 447 g/mol. The van der Waals surface area contributed by atoms with E-state index in [4.69, 9.17) is 18.9 Å². The first kappa shape index (κ1) is 20.3. The maximum atomic E-state index is 12.8. The molecule has 2 aromatic carbocycles. The zero-order chi connectivity index (χ0) is 22.5. The van der Waals surface area contributed by atoms with Gasteiger partial charge in [-0.25, -0.2) is 4.79 Å². The van der Waals surface area contributed by atoms with Gasteiger partial charge in [0.25, 0.3) is 0 Å². The molecule has 0 amide bonds. The highest BCUT2D eigenvalue weighted by molar-refractivity contribution is 5.87. The van der Waals surface area contributed by atoms with Crippen LogP contribution in [0, 0.1) is 0 Å². The average molecular weight is 447 g/mol. The molecule has 0 radical (unpaired) electrons. The Bertz CT molecular complexity index is 1150. The van der Waals surface area contributed by atoms with E-state index in [1.807, 2.05) is 42.5 Å². The maximum absolute atomic E-state index is 12.8. The molecule has 2 unspecified atom stereocenters. The molecule has 4 atom stereocenters. The summed E-state index contributed by atoms with van der Waals surface area (Å²) < 4.78 is 22.3. The summed E-state index contributed by atoms with van der Waals surface area (Å²) in [5.41, 5.74) is 4.27. The predicted octanol–water partition coefficient (Wildman–Crippen LogP) is 3.02. The van der Waals surface area contributed by atoms with Crippen molar-refractivity contribution in [1.82, 2.24) is 4.90 Å². The van der Waals surface area contributed by atoms with Crippen LogP contribution in [0.1, 0.15) is 29.0 Å². The zero-order valence-electron chi connectivity index (χ0n) is 18.3. The Morgan fingerprint density at radius 1 is 1.18 bits per heavy atom. The van der Waals surface area contributed by atoms with E-state index in [2.05, 4.69) is 4.90 Å². The van der Waals surface area contributed by atoms with E-state index in [1.165, 1.54) is 11.6 Å². The van der Waals surface area contributed by atoms with E-state index in [9.17, 15) is 9.90 Å². The van der Waals surface area contributed by atoms with Gasteiger partial charge in [-0.05, 0) is 53.5 Å². The fraction of sp³-hybridized carbons (Fsp3) is 0.346. The van der Waals surface area contributed by atoms with Crippen LogP contribution in [0.15, 0.2) is 54.1 Å². The molecule has 1 fully saturated rings. The Hall–Kier alpha value is -3.29. The van der Waals surface area contributed by atoms with E-state index in [0.29, 0.717) is 5.75 Å². The first-order chi connectivity index (χ1) is 16.1. The number of benzene rings is 2. The number of esters is 1. The van der Waals surface area contributed by atoms with E-state index in [0.717, 1.165) is 47.7 Å². The second kappa shape index (κ2) is 7.93. The second-order valence-electron chi connectivity index (χ2n) is 8.84. The van der Waals surface area contributed by atoms with Crippen LogP contribution in [0.25, 0.3) is 6.08 Å². The Labute approximate surface area is 191 Å². The predicted molar refractivity (Wildman–Crippen MR) is 120 cm³/mol. The molecule has 0 saturated carbocycles. The Kier molecular flexibility index (Phi) is 4.89. The third kappa shape index (κ3) is 3.48. The molecule has 0 bridgehead atoms. The maximum Gasteiger partial charge on any atom is 0.331 e. The molecule has 1 N–H and O–H groups in total. The SMILES string of the molecule is COc1ccc(/C=C/C(=O)O[C@H]2C3c4cc5c(cc4CN4CCC(=C[C@@H]2O)C34)OCO5)cc1. The van der Waals surface area contributed by atoms with Crippen LogP contribution in [0.5, 0.6) is 17.2 Å². The summed E-state index contributed by atoms with van der Waals surface area (Å²) in [6.45, 7) is 1.93. The Morgan fingerprint density at radius 2 is 1.97 bits per heavy atom. The Balaban J connectivity index is 1.30. The van der Waals surface area contributed by atoms with Crippen LogP contribution in [0.4, 0.5) is 0 Å². The van der Waals surface area contributed by atoms with Crippen molar-refractivity contribution < 1.29 is 28.8 Å². The lowest BCUT2D eigenvalue weighted by molar-refractivity contribution is -0.150. The van der Waals surface area contributed by atoms with Crippen LogP contribution >= 0.6 is 0 Å². The van der Waals surface area contributed by atoms with Crippen molar-refractivity contribution in [2.75, 3.05) is 20.4 Å². The van der Waals surface area contributed by atoms with Crippen molar-refractivity contribution in [2.24, 2.45) is 0 Å². The average Bonchev–Trinajstić information content (AvgIpc) is 3.45. The number of aliphatic hydroxyl groups is 1. The lowest BCUT2D eigenvalue weighted by Gasteiger charge is -2.45. The molecule has 0 aromatic heterocycles. The third-order valence-corrected chi connectivity index (χ3v) is 7.02. The highest BCUT2D eigenvalue weighted by atomic mass is 16.7. The summed E-state index contributed by atoms with van der Waals surface area (Å²) in [7, 11) is 1.61. The summed E-state index contributed by atoms with van der Waals surface area (Å²) in [4.78, 5) is 15.2. The molecule has 3 heterocycles. The van der Waals surface area contributed by atoms with Crippen LogP contribution in [-0.4, -0.2) is 54.7 Å². The molecule has 33 heavy (non-hydrogen) atoms. The van der Waals surface area contributed by atoms with Gasteiger partial charge in [-0.2, -0.15) is 0 Å². The molecule has 0 spiro atoms. The molecular formula is C26H25NO6. The van der Waals surface area contributed by atoms with Crippen LogP contribution in [0.3, 0.4) is 0 Å². The summed E-state index contributed by atoms with van der Waals surface area (Å²) in [6.07, 6.45) is 4.35. The van der Waals surface area contributed by atoms with Crippen molar-refractivity contribution in [3.05, 3.63) is 70.8 Å². The van der Waals surface area contributed by atoms with Crippen molar-refractivity contribution in [3.8, 4) is 17.2 Å². The molecule has 1 aliphatic carbocycles. The summed E-state index contributed by atoms with van der Waals surface area (Å²) in [5, 5.41) is 11.0. The first-order valence-electron chi connectivity index (χ1n) is 11.2. The van der Waals surface area contributed by atoms with E-state index in [-0.39, 0.29) is 18.8 Å². The molecule has 6 rings (SSSR count). The smallest absolute Gasteiger partial charge is 0.331 e. The normalized spacial score (nSPS) is 27.2. The molecule has 170 valence electrons. The molecule has 1 saturated heterocycles. The van der Waals surface area contributed by atoms with Gasteiger partial charge in [0.1, 0.15) is 18.0 Å². The number of nitrogens with zero attached hydrogens (tertiary/aromatic N) is 1. The zero-order valence-corrected chi connectivity index (χ0v) is 18.3. The molecular weight excluding hydrogens is 422 g/mol. The number of fused-ring (bicyclic) bond motifs is 3.